The predicted octanol–water partition coefficient (Wildman–Crippen LogP) is 6.64. The van der Waals surface area contributed by atoms with Crippen LogP contribution in [0, 0.1) is 17.2 Å². The number of alkyl halides is 1. The van der Waals surface area contributed by atoms with Crippen LogP contribution in [0.25, 0.3) is 0 Å². The zero-order valence-electron chi connectivity index (χ0n) is 12.9. The van der Waals surface area contributed by atoms with Gasteiger partial charge in [-0.3, -0.25) is 0 Å². The molecule has 4 heteroatoms. The lowest BCUT2D eigenvalue weighted by molar-refractivity contribution is 0.227. The SMILES string of the molecule is COc1cc(F)c(Br)cc1C(Br)C1(CC(C)C)CCCC1. The number of halogens is 3. The molecule has 1 aliphatic carbocycles. The van der Waals surface area contributed by atoms with E-state index in [1.807, 2.05) is 6.07 Å². The van der Waals surface area contributed by atoms with Crippen molar-refractivity contribution >= 4 is 31.9 Å². The van der Waals surface area contributed by atoms with E-state index in [-0.39, 0.29) is 16.1 Å². The molecule has 1 aromatic rings. The zero-order valence-corrected chi connectivity index (χ0v) is 16.1. The summed E-state index contributed by atoms with van der Waals surface area (Å²) in [5.41, 5.74) is 1.30. The summed E-state index contributed by atoms with van der Waals surface area (Å²) in [6.45, 7) is 4.55. The molecular formula is C17H23Br2FO. The summed E-state index contributed by atoms with van der Waals surface area (Å²) in [5, 5.41) is 0. The molecule has 1 atom stereocenters. The molecule has 0 radical (unpaired) electrons. The first kappa shape index (κ1) is 17.3. The molecule has 0 spiro atoms. The molecule has 1 unspecified atom stereocenters. The van der Waals surface area contributed by atoms with Crippen LogP contribution in [0.2, 0.25) is 0 Å². The average molecular weight is 422 g/mol. The Morgan fingerprint density at radius 2 is 1.90 bits per heavy atom. The summed E-state index contributed by atoms with van der Waals surface area (Å²) < 4.78 is 19.7. The lowest BCUT2D eigenvalue weighted by Crippen LogP contribution is -2.25. The van der Waals surface area contributed by atoms with Crippen LogP contribution < -0.4 is 4.74 Å². The molecule has 0 amide bonds. The summed E-state index contributed by atoms with van der Waals surface area (Å²) in [7, 11) is 1.61. The Morgan fingerprint density at radius 1 is 1.29 bits per heavy atom. The number of methoxy groups -OCH3 is 1. The van der Waals surface area contributed by atoms with Gasteiger partial charge < -0.3 is 4.74 Å². The van der Waals surface area contributed by atoms with E-state index < -0.39 is 0 Å². The maximum Gasteiger partial charge on any atom is 0.141 e. The van der Waals surface area contributed by atoms with Gasteiger partial charge in [-0.2, -0.15) is 0 Å². The molecule has 0 N–H and O–H groups in total. The molecule has 1 aliphatic rings. The van der Waals surface area contributed by atoms with E-state index in [0.29, 0.717) is 16.1 Å². The second-order valence-electron chi connectivity index (χ2n) is 6.54. The van der Waals surface area contributed by atoms with Gasteiger partial charge in [0.15, 0.2) is 0 Å². The van der Waals surface area contributed by atoms with E-state index in [9.17, 15) is 4.39 Å². The highest BCUT2D eigenvalue weighted by Crippen LogP contribution is 2.57. The van der Waals surface area contributed by atoms with Crippen LogP contribution in [0.1, 0.15) is 56.3 Å². The van der Waals surface area contributed by atoms with Crippen molar-refractivity contribution in [1.82, 2.24) is 0 Å². The lowest BCUT2D eigenvalue weighted by atomic mass is 9.74. The average Bonchev–Trinajstić information content (AvgIpc) is 2.89. The number of ether oxygens (including phenoxy) is 1. The molecule has 21 heavy (non-hydrogen) atoms. The fraction of sp³-hybridized carbons (Fsp3) is 0.647. The van der Waals surface area contributed by atoms with Gasteiger partial charge in [-0.1, -0.05) is 42.6 Å². The van der Waals surface area contributed by atoms with E-state index in [4.69, 9.17) is 4.74 Å². The highest BCUT2D eigenvalue weighted by molar-refractivity contribution is 9.10. The van der Waals surface area contributed by atoms with Gasteiger partial charge in [-0.25, -0.2) is 4.39 Å². The Bertz CT molecular complexity index is 496. The van der Waals surface area contributed by atoms with Crippen molar-refractivity contribution in [2.45, 2.75) is 50.8 Å². The second-order valence-corrected chi connectivity index (χ2v) is 8.31. The Kier molecular flexibility index (Phi) is 5.75. The number of hydrogen-bond donors (Lipinski definition) is 0. The molecule has 0 heterocycles. The van der Waals surface area contributed by atoms with Gasteiger partial charge in [0, 0.05) is 16.5 Å². The highest BCUT2D eigenvalue weighted by Gasteiger charge is 2.42. The summed E-state index contributed by atoms with van der Waals surface area (Å²) in [6.07, 6.45) is 6.18. The molecule has 0 saturated heterocycles. The quantitative estimate of drug-likeness (QED) is 0.484. The van der Waals surface area contributed by atoms with Gasteiger partial charge in [0.05, 0.1) is 11.6 Å². The van der Waals surface area contributed by atoms with E-state index in [1.165, 1.54) is 38.2 Å². The van der Waals surface area contributed by atoms with Crippen molar-refractivity contribution in [1.29, 1.82) is 0 Å². The molecule has 1 aromatic carbocycles. The van der Waals surface area contributed by atoms with Crippen molar-refractivity contribution in [2.75, 3.05) is 7.11 Å². The van der Waals surface area contributed by atoms with Crippen LogP contribution in [-0.4, -0.2) is 7.11 Å². The zero-order chi connectivity index (χ0) is 15.6. The van der Waals surface area contributed by atoms with Crippen molar-refractivity contribution in [3.63, 3.8) is 0 Å². The van der Waals surface area contributed by atoms with Crippen molar-refractivity contribution in [3.05, 3.63) is 28.0 Å². The van der Waals surface area contributed by atoms with Gasteiger partial charge in [-0.15, -0.1) is 0 Å². The van der Waals surface area contributed by atoms with Gasteiger partial charge in [-0.05, 0) is 52.6 Å². The first-order chi connectivity index (χ1) is 9.89. The summed E-state index contributed by atoms with van der Waals surface area (Å²) in [6, 6.07) is 3.35. The predicted molar refractivity (Wildman–Crippen MR) is 92.7 cm³/mol. The van der Waals surface area contributed by atoms with Crippen LogP contribution in [-0.2, 0) is 0 Å². The molecule has 2 rings (SSSR count). The summed E-state index contributed by atoms with van der Waals surface area (Å²) >= 11 is 7.23. The molecule has 1 fully saturated rings. The topological polar surface area (TPSA) is 9.23 Å². The first-order valence-electron chi connectivity index (χ1n) is 7.56. The minimum absolute atomic E-state index is 0.196. The van der Waals surface area contributed by atoms with Crippen LogP contribution in [0.3, 0.4) is 0 Å². The lowest BCUT2D eigenvalue weighted by Gasteiger charge is -2.37. The minimum Gasteiger partial charge on any atom is -0.496 e. The molecule has 1 nitrogen and oxygen atoms in total. The van der Waals surface area contributed by atoms with Crippen LogP contribution in [0.5, 0.6) is 5.75 Å². The number of hydrogen-bond acceptors (Lipinski definition) is 1. The third-order valence-electron chi connectivity index (χ3n) is 4.50. The molecular weight excluding hydrogens is 399 g/mol. The highest BCUT2D eigenvalue weighted by atomic mass is 79.9. The number of rotatable bonds is 5. The fourth-order valence-corrected chi connectivity index (χ4v) is 5.07. The van der Waals surface area contributed by atoms with E-state index in [1.54, 1.807) is 7.11 Å². The molecule has 118 valence electrons. The van der Waals surface area contributed by atoms with E-state index in [2.05, 4.69) is 45.7 Å². The van der Waals surface area contributed by atoms with Crippen molar-refractivity contribution in [2.24, 2.45) is 11.3 Å². The third-order valence-corrected chi connectivity index (χ3v) is 6.57. The van der Waals surface area contributed by atoms with Gasteiger partial charge in [0.2, 0.25) is 0 Å². The van der Waals surface area contributed by atoms with Crippen LogP contribution in [0.4, 0.5) is 4.39 Å². The van der Waals surface area contributed by atoms with Gasteiger partial charge in [0.25, 0.3) is 0 Å². The largest absolute Gasteiger partial charge is 0.496 e. The fourth-order valence-electron chi connectivity index (χ4n) is 3.70. The van der Waals surface area contributed by atoms with Gasteiger partial charge >= 0.3 is 0 Å². The Labute approximate surface area is 143 Å². The first-order valence-corrected chi connectivity index (χ1v) is 9.27. The Morgan fingerprint density at radius 3 is 2.43 bits per heavy atom. The monoisotopic (exact) mass is 420 g/mol. The maximum atomic E-state index is 13.8. The standard InChI is InChI=1S/C17H23Br2FO/c1-11(2)10-17(6-4-5-7-17)16(19)12-8-13(18)14(20)9-15(12)21-3/h8-9,11,16H,4-7,10H2,1-3H3. The van der Waals surface area contributed by atoms with Gasteiger partial charge in [0.1, 0.15) is 11.6 Å². The Balaban J connectivity index is 2.41. The molecule has 1 saturated carbocycles. The van der Waals surface area contributed by atoms with Crippen LogP contribution in [0.15, 0.2) is 16.6 Å². The smallest absolute Gasteiger partial charge is 0.141 e. The normalized spacial score (nSPS) is 19.0. The van der Waals surface area contributed by atoms with E-state index >= 15 is 0 Å². The van der Waals surface area contributed by atoms with Crippen molar-refractivity contribution < 1.29 is 9.13 Å². The molecule has 0 aliphatic heterocycles. The summed E-state index contributed by atoms with van der Waals surface area (Å²) in [4.78, 5) is 0.196. The Hall–Kier alpha value is -0.0900. The van der Waals surface area contributed by atoms with E-state index in [0.717, 1.165) is 5.56 Å². The maximum absolute atomic E-state index is 13.8. The second kappa shape index (κ2) is 6.99. The minimum atomic E-state index is -0.278. The third kappa shape index (κ3) is 3.64. The molecule has 0 bridgehead atoms. The van der Waals surface area contributed by atoms with Crippen LogP contribution >= 0.6 is 31.9 Å². The van der Waals surface area contributed by atoms with Crippen molar-refractivity contribution in [3.8, 4) is 5.75 Å². The molecule has 0 aromatic heterocycles. The summed E-state index contributed by atoms with van der Waals surface area (Å²) in [5.74, 6) is 1.00. The number of benzene rings is 1.